The fraction of sp³-hybridized carbons (Fsp3) is 0.407. The highest BCUT2D eigenvalue weighted by atomic mass is 35.5. The molecule has 0 saturated carbocycles. The minimum Gasteiger partial charge on any atom is -0.444 e. The number of halogens is 1. The summed E-state index contributed by atoms with van der Waals surface area (Å²) in [5.41, 5.74) is 0.901. The quantitative estimate of drug-likeness (QED) is 0.470. The standard InChI is InChI=1S/C27H33ClN4O4/c1-17(2)21(31-26(35)36-27(4,5)6)25(34)32(16-15-29)23(19-12-8-7-9-13-19)24(33)30-22-18(3)11-10-14-20(22)28/h7-14,17,21,23H,16H2,1-6H3,(H,30,33)(H,31,35). The monoisotopic (exact) mass is 512 g/mol. The van der Waals surface area contributed by atoms with Gasteiger partial charge in [-0.2, -0.15) is 5.26 Å². The molecular formula is C27H33ClN4O4. The third-order valence-electron chi connectivity index (χ3n) is 5.27. The van der Waals surface area contributed by atoms with Crippen molar-refractivity contribution < 1.29 is 19.1 Å². The van der Waals surface area contributed by atoms with E-state index in [-0.39, 0.29) is 12.5 Å². The van der Waals surface area contributed by atoms with Crippen LogP contribution in [-0.2, 0) is 14.3 Å². The van der Waals surface area contributed by atoms with Gasteiger partial charge in [-0.1, -0.05) is 67.9 Å². The molecule has 8 nitrogen and oxygen atoms in total. The molecule has 2 aromatic rings. The van der Waals surface area contributed by atoms with Gasteiger partial charge >= 0.3 is 6.09 Å². The van der Waals surface area contributed by atoms with Crippen LogP contribution in [0.15, 0.2) is 48.5 Å². The number of rotatable bonds is 8. The zero-order valence-corrected chi connectivity index (χ0v) is 22.2. The molecule has 0 aromatic heterocycles. The maximum absolute atomic E-state index is 13.8. The minimum absolute atomic E-state index is 0.347. The highest BCUT2D eigenvalue weighted by molar-refractivity contribution is 6.34. The zero-order chi connectivity index (χ0) is 27.0. The van der Waals surface area contributed by atoms with Crippen LogP contribution in [0, 0.1) is 24.2 Å². The molecule has 0 aliphatic carbocycles. The molecular weight excluding hydrogens is 480 g/mol. The zero-order valence-electron chi connectivity index (χ0n) is 21.5. The van der Waals surface area contributed by atoms with Crippen LogP contribution in [0.25, 0.3) is 0 Å². The first-order chi connectivity index (χ1) is 16.9. The molecule has 3 amide bonds. The Morgan fingerprint density at radius 2 is 1.72 bits per heavy atom. The van der Waals surface area contributed by atoms with Crippen LogP contribution >= 0.6 is 11.6 Å². The van der Waals surface area contributed by atoms with Gasteiger partial charge in [0.05, 0.1) is 16.8 Å². The average molecular weight is 513 g/mol. The topological polar surface area (TPSA) is 112 Å². The number of benzene rings is 2. The molecule has 0 bridgehead atoms. The SMILES string of the molecule is Cc1cccc(Cl)c1NC(=O)C(c1ccccc1)N(CC#N)C(=O)C(NC(=O)OC(C)(C)C)C(C)C. The Balaban J connectivity index is 2.49. The minimum atomic E-state index is -1.16. The van der Waals surface area contributed by atoms with E-state index in [1.165, 1.54) is 4.90 Å². The smallest absolute Gasteiger partial charge is 0.408 e. The van der Waals surface area contributed by atoms with Crippen molar-refractivity contribution in [3.05, 3.63) is 64.7 Å². The number of nitriles is 1. The lowest BCUT2D eigenvalue weighted by Gasteiger charge is -2.34. The van der Waals surface area contributed by atoms with Crippen molar-refractivity contribution in [1.82, 2.24) is 10.2 Å². The van der Waals surface area contributed by atoms with E-state index in [1.54, 1.807) is 90.1 Å². The molecule has 0 radical (unpaired) electrons. The van der Waals surface area contributed by atoms with Crippen molar-refractivity contribution in [3.8, 4) is 6.07 Å². The van der Waals surface area contributed by atoms with Crippen LogP contribution in [0.2, 0.25) is 5.02 Å². The predicted molar refractivity (Wildman–Crippen MR) is 139 cm³/mol. The summed E-state index contributed by atoms with van der Waals surface area (Å²) in [6.07, 6.45) is -0.765. The van der Waals surface area contributed by atoms with Gasteiger partial charge < -0.3 is 20.3 Å². The Kier molecular flexibility index (Phi) is 9.88. The molecule has 0 heterocycles. The van der Waals surface area contributed by atoms with E-state index >= 15 is 0 Å². The van der Waals surface area contributed by atoms with E-state index in [1.807, 2.05) is 6.07 Å². The summed E-state index contributed by atoms with van der Waals surface area (Å²) in [4.78, 5) is 41.1. The number of nitrogens with one attached hydrogen (secondary N) is 2. The van der Waals surface area contributed by atoms with Gasteiger partial charge in [0.25, 0.3) is 5.91 Å². The second-order valence-electron chi connectivity index (χ2n) is 9.73. The second kappa shape index (κ2) is 12.4. The Morgan fingerprint density at radius 1 is 1.08 bits per heavy atom. The molecule has 36 heavy (non-hydrogen) atoms. The maximum atomic E-state index is 13.8. The van der Waals surface area contributed by atoms with Crippen LogP contribution in [0.5, 0.6) is 0 Å². The van der Waals surface area contributed by atoms with Gasteiger partial charge in [0.1, 0.15) is 24.2 Å². The molecule has 2 N–H and O–H groups in total. The van der Waals surface area contributed by atoms with Crippen LogP contribution in [-0.4, -0.2) is 41.0 Å². The van der Waals surface area contributed by atoms with Crippen LogP contribution < -0.4 is 10.6 Å². The Bertz CT molecular complexity index is 1100. The molecule has 0 aliphatic heterocycles. The van der Waals surface area contributed by atoms with Crippen molar-refractivity contribution in [2.24, 2.45) is 5.92 Å². The molecule has 0 aliphatic rings. The van der Waals surface area contributed by atoms with E-state index in [9.17, 15) is 19.6 Å². The number of para-hydroxylation sites is 1. The number of anilines is 1. The largest absolute Gasteiger partial charge is 0.444 e. The lowest BCUT2D eigenvalue weighted by molar-refractivity contribution is -0.140. The number of amides is 3. The van der Waals surface area contributed by atoms with E-state index < -0.39 is 35.6 Å². The molecule has 2 unspecified atom stereocenters. The van der Waals surface area contributed by atoms with Gasteiger partial charge in [0.2, 0.25) is 5.91 Å². The first-order valence-corrected chi connectivity index (χ1v) is 12.0. The Labute approximate surface area is 217 Å². The summed E-state index contributed by atoms with van der Waals surface area (Å²) >= 11 is 6.32. The number of carbonyl (C=O) groups is 3. The van der Waals surface area contributed by atoms with Crippen LogP contribution in [0.3, 0.4) is 0 Å². The van der Waals surface area contributed by atoms with Crippen molar-refractivity contribution in [1.29, 1.82) is 5.26 Å². The van der Waals surface area contributed by atoms with E-state index in [2.05, 4.69) is 10.6 Å². The molecule has 2 rings (SSSR count). The van der Waals surface area contributed by atoms with Crippen molar-refractivity contribution >= 4 is 35.2 Å². The molecule has 0 spiro atoms. The molecule has 9 heteroatoms. The summed E-state index contributed by atoms with van der Waals surface area (Å²) < 4.78 is 5.33. The number of nitrogens with zero attached hydrogens (tertiary/aromatic N) is 2. The van der Waals surface area contributed by atoms with E-state index in [0.717, 1.165) is 5.56 Å². The van der Waals surface area contributed by atoms with Gasteiger partial charge in [-0.3, -0.25) is 9.59 Å². The number of ether oxygens (including phenoxy) is 1. The van der Waals surface area contributed by atoms with Crippen molar-refractivity contribution in [2.75, 3.05) is 11.9 Å². The lowest BCUT2D eigenvalue weighted by atomic mass is 9.98. The molecule has 2 aromatic carbocycles. The summed E-state index contributed by atoms with van der Waals surface area (Å²) in [6.45, 7) is 10.1. The van der Waals surface area contributed by atoms with Crippen molar-refractivity contribution in [3.63, 3.8) is 0 Å². The molecule has 192 valence electrons. The number of hydrogen-bond acceptors (Lipinski definition) is 5. The second-order valence-corrected chi connectivity index (χ2v) is 10.1. The maximum Gasteiger partial charge on any atom is 0.408 e. The van der Waals surface area contributed by atoms with E-state index in [0.29, 0.717) is 16.3 Å². The van der Waals surface area contributed by atoms with Crippen LogP contribution in [0.4, 0.5) is 10.5 Å². The highest BCUT2D eigenvalue weighted by Crippen LogP contribution is 2.29. The molecule has 0 saturated heterocycles. The first kappa shape index (κ1) is 28.7. The van der Waals surface area contributed by atoms with Crippen LogP contribution in [0.1, 0.15) is 51.8 Å². The van der Waals surface area contributed by atoms with Gasteiger partial charge in [0, 0.05) is 0 Å². The number of alkyl carbamates (subject to hydrolysis) is 1. The normalized spacial score (nSPS) is 12.8. The van der Waals surface area contributed by atoms with Gasteiger partial charge in [-0.25, -0.2) is 4.79 Å². The lowest BCUT2D eigenvalue weighted by Crippen LogP contribution is -2.54. The number of carbonyl (C=O) groups excluding carboxylic acids is 3. The fourth-order valence-corrected chi connectivity index (χ4v) is 3.86. The van der Waals surface area contributed by atoms with Gasteiger partial charge in [-0.05, 0) is 50.8 Å². The molecule has 2 atom stereocenters. The first-order valence-electron chi connectivity index (χ1n) is 11.6. The number of aryl methyl sites for hydroxylation is 1. The highest BCUT2D eigenvalue weighted by Gasteiger charge is 2.37. The average Bonchev–Trinajstić information content (AvgIpc) is 2.78. The Morgan fingerprint density at radius 3 is 2.25 bits per heavy atom. The fourth-order valence-electron chi connectivity index (χ4n) is 3.59. The van der Waals surface area contributed by atoms with E-state index in [4.69, 9.17) is 16.3 Å². The summed E-state index contributed by atoms with van der Waals surface area (Å²) in [7, 11) is 0. The van der Waals surface area contributed by atoms with Crippen molar-refractivity contribution in [2.45, 2.75) is 59.2 Å². The predicted octanol–water partition coefficient (Wildman–Crippen LogP) is 5.23. The third kappa shape index (κ3) is 7.72. The van der Waals surface area contributed by atoms with Gasteiger partial charge in [0.15, 0.2) is 0 Å². The third-order valence-corrected chi connectivity index (χ3v) is 5.59. The summed E-state index contributed by atoms with van der Waals surface area (Å²) in [5.74, 6) is -1.48. The Hall–Kier alpha value is -3.57. The number of hydrogen-bond donors (Lipinski definition) is 2. The molecule has 0 fully saturated rings. The summed E-state index contributed by atoms with van der Waals surface area (Å²) in [6, 6.07) is 13.7. The summed E-state index contributed by atoms with van der Waals surface area (Å²) in [5, 5.41) is 15.4. The van der Waals surface area contributed by atoms with Gasteiger partial charge in [-0.15, -0.1) is 0 Å².